The number of carbonyl (C=O) groups is 2. The van der Waals surface area contributed by atoms with Gasteiger partial charge in [0.05, 0.1) is 0 Å². The van der Waals surface area contributed by atoms with Crippen molar-refractivity contribution in [2.24, 2.45) is 11.7 Å². The first-order chi connectivity index (χ1) is 11.7. The monoisotopic (exact) mass is 362 g/mol. The van der Waals surface area contributed by atoms with Crippen LogP contribution in [-0.4, -0.2) is 68.0 Å². The highest BCUT2D eigenvalue weighted by Gasteiger charge is 2.10. The van der Waals surface area contributed by atoms with Gasteiger partial charge in [-0.15, -0.1) is 0 Å². The second kappa shape index (κ2) is 15.1. The van der Waals surface area contributed by atoms with Crippen LogP contribution in [0.2, 0.25) is 0 Å². The third-order valence-corrected chi connectivity index (χ3v) is 2.45. The summed E-state index contributed by atoms with van der Waals surface area (Å²) in [6.07, 6.45) is 3.46. The molecule has 25 heavy (non-hydrogen) atoms. The van der Waals surface area contributed by atoms with Gasteiger partial charge in [0, 0.05) is 24.5 Å². The van der Waals surface area contributed by atoms with Crippen LogP contribution < -0.4 is 22.3 Å². The third kappa shape index (κ3) is 13.7. The number of amides is 4. The lowest BCUT2D eigenvalue weighted by Gasteiger charge is -2.19. The highest BCUT2D eigenvalue weighted by atomic mass is 16.3. The Labute approximate surface area is 147 Å². The van der Waals surface area contributed by atoms with Gasteiger partial charge >= 0.3 is 12.1 Å². The molecule has 0 aliphatic carbocycles. The van der Waals surface area contributed by atoms with E-state index in [1.807, 2.05) is 6.07 Å². The lowest BCUT2D eigenvalue weighted by atomic mass is 10.4. The van der Waals surface area contributed by atoms with E-state index < -0.39 is 12.1 Å². The maximum Gasteiger partial charge on any atom is 0.333 e. The molecule has 1 aromatic rings. The average molecular weight is 362 g/mol. The van der Waals surface area contributed by atoms with Gasteiger partial charge in [0.25, 0.3) is 0 Å². The number of hydrogen-bond acceptors (Lipinski definition) is 7. The van der Waals surface area contributed by atoms with Crippen LogP contribution >= 0.6 is 0 Å². The Kier molecular flexibility index (Phi) is 15.0. The summed E-state index contributed by atoms with van der Waals surface area (Å²) in [5.41, 5.74) is 0. The quantitative estimate of drug-likeness (QED) is 0.153. The molecule has 0 radical (unpaired) electrons. The number of urea groups is 2. The van der Waals surface area contributed by atoms with Crippen LogP contribution in [-0.2, 0) is 0 Å². The molecule has 0 saturated carbocycles. The number of aromatic nitrogens is 2. The normalized spacial score (nSPS) is 9.36. The second-order valence-electron chi connectivity index (χ2n) is 5.05. The standard InChI is InChI=1S/2C5H13N3O2.C3H4N2/c2*1-4(2)8(6)5(10)7-3-9;1-2-4-5-3-1/h2*4,9H,3,6H2,1-2H3,(H,7,10);1-3H,(H,4,5). The molecule has 0 aliphatic rings. The highest BCUT2D eigenvalue weighted by molar-refractivity contribution is 5.73. The minimum absolute atomic E-state index is 0.0634. The van der Waals surface area contributed by atoms with Gasteiger partial charge in [0.1, 0.15) is 13.5 Å². The van der Waals surface area contributed by atoms with Gasteiger partial charge in [-0.2, -0.15) is 5.10 Å². The largest absolute Gasteiger partial charge is 0.376 e. The van der Waals surface area contributed by atoms with E-state index in [1.165, 1.54) is 0 Å². The number of aliphatic hydroxyl groups excluding tert-OH is 2. The Hall–Kier alpha value is -2.41. The first-order valence-electron chi connectivity index (χ1n) is 7.47. The lowest BCUT2D eigenvalue weighted by molar-refractivity contribution is 0.168. The van der Waals surface area contributed by atoms with Crippen molar-refractivity contribution in [2.75, 3.05) is 13.5 Å². The number of carbonyl (C=O) groups excluding carboxylic acids is 2. The molecule has 4 amide bonds. The smallest absolute Gasteiger partial charge is 0.333 e. The fourth-order valence-electron chi connectivity index (χ4n) is 1.00. The summed E-state index contributed by atoms with van der Waals surface area (Å²) >= 11 is 0. The van der Waals surface area contributed by atoms with E-state index in [2.05, 4.69) is 20.8 Å². The van der Waals surface area contributed by atoms with E-state index in [9.17, 15) is 9.59 Å². The van der Waals surface area contributed by atoms with Gasteiger partial charge in [-0.05, 0) is 33.8 Å². The molecule has 9 N–H and O–H groups in total. The van der Waals surface area contributed by atoms with Gasteiger partial charge in [0.15, 0.2) is 0 Å². The summed E-state index contributed by atoms with van der Waals surface area (Å²) in [4.78, 5) is 21.4. The van der Waals surface area contributed by atoms with Crippen LogP contribution in [0.5, 0.6) is 0 Å². The SMILES string of the molecule is CC(C)N(N)C(=O)NCO.CC(C)N(N)C(=O)NCO.c1cn[nH]c1. The zero-order chi connectivity index (χ0) is 19.8. The molecule has 0 aromatic carbocycles. The fourth-order valence-corrected chi connectivity index (χ4v) is 1.00. The Bertz CT molecular complexity index is 396. The van der Waals surface area contributed by atoms with Crippen molar-refractivity contribution in [3.63, 3.8) is 0 Å². The lowest BCUT2D eigenvalue weighted by Crippen LogP contribution is -2.48. The molecule has 0 spiro atoms. The van der Waals surface area contributed by atoms with E-state index in [4.69, 9.17) is 21.9 Å². The van der Waals surface area contributed by atoms with E-state index in [-0.39, 0.29) is 25.5 Å². The predicted octanol–water partition coefficient (Wildman–Crippen LogP) is -1.13. The molecule has 12 nitrogen and oxygen atoms in total. The minimum atomic E-state index is -0.475. The minimum Gasteiger partial charge on any atom is -0.376 e. The number of hydrazine groups is 2. The molecule has 0 saturated heterocycles. The second-order valence-corrected chi connectivity index (χ2v) is 5.05. The van der Waals surface area contributed by atoms with Gasteiger partial charge in [-0.25, -0.2) is 21.3 Å². The van der Waals surface area contributed by atoms with Gasteiger partial charge in [-0.3, -0.25) is 15.1 Å². The number of aliphatic hydroxyl groups is 2. The Balaban J connectivity index is 0. The molecule has 0 unspecified atom stereocenters. The molecule has 146 valence electrons. The summed E-state index contributed by atoms with van der Waals surface area (Å²) < 4.78 is 0. The number of rotatable bonds is 4. The third-order valence-electron chi connectivity index (χ3n) is 2.45. The van der Waals surface area contributed by atoms with E-state index >= 15 is 0 Å². The Morgan fingerprint density at radius 3 is 1.60 bits per heavy atom. The highest BCUT2D eigenvalue weighted by Crippen LogP contribution is 1.89. The summed E-state index contributed by atoms with van der Waals surface area (Å²) in [5, 5.41) is 29.0. The maximum absolute atomic E-state index is 10.7. The van der Waals surface area contributed by atoms with Gasteiger partial charge < -0.3 is 20.8 Å². The molecule has 0 atom stereocenters. The molecule has 1 heterocycles. The molecule has 0 aliphatic heterocycles. The van der Waals surface area contributed by atoms with Crippen molar-refractivity contribution >= 4 is 12.1 Å². The van der Waals surface area contributed by atoms with Crippen molar-refractivity contribution in [2.45, 2.75) is 39.8 Å². The first kappa shape index (κ1) is 24.8. The van der Waals surface area contributed by atoms with Crippen molar-refractivity contribution in [3.05, 3.63) is 18.5 Å². The molecule has 1 aromatic heterocycles. The van der Waals surface area contributed by atoms with E-state index in [0.717, 1.165) is 10.0 Å². The number of hydrogen-bond donors (Lipinski definition) is 7. The van der Waals surface area contributed by atoms with Crippen LogP contribution in [0.1, 0.15) is 27.7 Å². The summed E-state index contributed by atoms with van der Waals surface area (Å²) in [7, 11) is 0. The van der Waals surface area contributed by atoms with Crippen LogP contribution in [0, 0.1) is 0 Å². The topological polar surface area (TPSA) is 186 Å². The molecule has 1 rings (SSSR count). The van der Waals surface area contributed by atoms with Gasteiger partial charge in [-0.1, -0.05) is 0 Å². The van der Waals surface area contributed by atoms with Gasteiger partial charge in [0.2, 0.25) is 0 Å². The summed E-state index contributed by atoms with van der Waals surface area (Å²) in [6.45, 7) is 6.32. The predicted molar refractivity (Wildman–Crippen MR) is 92.1 cm³/mol. The Morgan fingerprint density at radius 2 is 1.44 bits per heavy atom. The number of nitrogens with one attached hydrogen (secondary N) is 3. The molecular formula is C13H30N8O4. The number of nitrogens with two attached hydrogens (primary N) is 2. The fraction of sp³-hybridized carbons (Fsp3) is 0.615. The maximum atomic E-state index is 10.7. The summed E-state index contributed by atoms with van der Waals surface area (Å²) in [6, 6.07) is 0.758. The van der Waals surface area contributed by atoms with Crippen molar-refractivity contribution in [1.29, 1.82) is 0 Å². The molecule has 0 bridgehead atoms. The zero-order valence-electron chi connectivity index (χ0n) is 15.0. The van der Waals surface area contributed by atoms with E-state index in [0.29, 0.717) is 0 Å². The zero-order valence-corrected chi connectivity index (χ0v) is 15.0. The molecular weight excluding hydrogens is 332 g/mol. The van der Waals surface area contributed by atoms with Crippen molar-refractivity contribution in [1.82, 2.24) is 30.8 Å². The van der Waals surface area contributed by atoms with Crippen molar-refractivity contribution in [3.8, 4) is 0 Å². The van der Waals surface area contributed by atoms with E-state index in [1.54, 1.807) is 40.1 Å². The Morgan fingerprint density at radius 1 is 1.04 bits per heavy atom. The first-order valence-corrected chi connectivity index (χ1v) is 7.47. The number of H-pyrrole nitrogens is 1. The van der Waals surface area contributed by atoms with Crippen LogP contribution in [0.4, 0.5) is 9.59 Å². The van der Waals surface area contributed by atoms with Crippen LogP contribution in [0.25, 0.3) is 0 Å². The van der Waals surface area contributed by atoms with Crippen LogP contribution in [0.15, 0.2) is 18.5 Å². The van der Waals surface area contributed by atoms with Crippen molar-refractivity contribution < 1.29 is 19.8 Å². The molecule has 0 fully saturated rings. The summed E-state index contributed by atoms with van der Waals surface area (Å²) in [5.74, 6) is 10.5. The molecule has 12 heteroatoms. The average Bonchev–Trinajstić information content (AvgIpc) is 3.14. The van der Waals surface area contributed by atoms with Crippen LogP contribution in [0.3, 0.4) is 0 Å². The number of aromatic amines is 1. The number of nitrogens with zero attached hydrogens (tertiary/aromatic N) is 3.